The third-order valence-corrected chi connectivity index (χ3v) is 3.09. The second-order valence-electron chi connectivity index (χ2n) is 3.36. The molecule has 1 aliphatic rings. The molecular weight excluding hydrogens is 180 g/mol. The molecule has 5 heteroatoms. The van der Waals surface area contributed by atoms with Crippen LogP contribution in [0.25, 0.3) is 0 Å². The Labute approximate surface area is 72.3 Å². The molecule has 72 valence electrons. The third-order valence-electron chi connectivity index (χ3n) is 2.33. The van der Waals surface area contributed by atoms with E-state index >= 15 is 0 Å². The molecule has 0 aromatic carbocycles. The lowest BCUT2D eigenvalue weighted by atomic mass is 10.0. The SMILES string of the molecule is O=S(=O)(O)CC(O)C1CCCC1. The highest BCUT2D eigenvalue weighted by Gasteiger charge is 2.26. The average Bonchev–Trinajstić information content (AvgIpc) is 2.32. The number of rotatable bonds is 3. The first-order chi connectivity index (χ1) is 5.49. The molecule has 1 fully saturated rings. The first-order valence-electron chi connectivity index (χ1n) is 4.12. The lowest BCUT2D eigenvalue weighted by molar-refractivity contribution is 0.130. The monoisotopic (exact) mass is 194 g/mol. The van der Waals surface area contributed by atoms with Crippen LogP contribution in [0.1, 0.15) is 25.7 Å². The topological polar surface area (TPSA) is 74.6 Å². The van der Waals surface area contributed by atoms with Crippen LogP contribution in [0.4, 0.5) is 0 Å². The number of hydrogen-bond acceptors (Lipinski definition) is 3. The van der Waals surface area contributed by atoms with Crippen molar-refractivity contribution in [2.75, 3.05) is 5.75 Å². The van der Waals surface area contributed by atoms with Crippen LogP contribution < -0.4 is 0 Å². The highest BCUT2D eigenvalue weighted by molar-refractivity contribution is 7.85. The van der Waals surface area contributed by atoms with E-state index in [1.165, 1.54) is 0 Å². The quantitative estimate of drug-likeness (QED) is 0.639. The predicted octanol–water partition coefficient (Wildman–Crippen LogP) is 0.425. The zero-order valence-electron chi connectivity index (χ0n) is 6.81. The molecule has 4 nitrogen and oxygen atoms in total. The maximum absolute atomic E-state index is 10.4. The normalized spacial score (nSPS) is 22.8. The molecule has 1 atom stereocenters. The van der Waals surface area contributed by atoms with Gasteiger partial charge in [0.15, 0.2) is 0 Å². The van der Waals surface area contributed by atoms with Crippen LogP contribution >= 0.6 is 0 Å². The summed E-state index contributed by atoms with van der Waals surface area (Å²) >= 11 is 0. The molecule has 0 saturated heterocycles. The molecule has 0 spiro atoms. The Bertz CT molecular complexity index is 228. The van der Waals surface area contributed by atoms with Crippen LogP contribution in [-0.2, 0) is 10.1 Å². The van der Waals surface area contributed by atoms with Gasteiger partial charge in [0.25, 0.3) is 10.1 Å². The molecule has 1 rings (SSSR count). The largest absolute Gasteiger partial charge is 0.392 e. The molecule has 12 heavy (non-hydrogen) atoms. The number of aliphatic hydroxyl groups excluding tert-OH is 1. The van der Waals surface area contributed by atoms with Crippen LogP contribution in [-0.4, -0.2) is 29.9 Å². The minimum Gasteiger partial charge on any atom is -0.392 e. The van der Waals surface area contributed by atoms with Gasteiger partial charge in [-0.2, -0.15) is 8.42 Å². The Kier molecular flexibility index (Phi) is 3.09. The first-order valence-corrected chi connectivity index (χ1v) is 5.73. The Morgan fingerprint density at radius 2 is 1.83 bits per heavy atom. The molecule has 0 aromatic heterocycles. The third kappa shape index (κ3) is 3.08. The van der Waals surface area contributed by atoms with Gasteiger partial charge in [0.2, 0.25) is 0 Å². The highest BCUT2D eigenvalue weighted by atomic mass is 32.2. The average molecular weight is 194 g/mol. The number of hydrogen-bond donors (Lipinski definition) is 2. The summed E-state index contributed by atoms with van der Waals surface area (Å²) in [7, 11) is -4.01. The van der Waals surface area contributed by atoms with Gasteiger partial charge < -0.3 is 5.11 Å². The van der Waals surface area contributed by atoms with Gasteiger partial charge in [0.05, 0.1) is 6.10 Å². The van der Waals surface area contributed by atoms with E-state index < -0.39 is 22.0 Å². The smallest absolute Gasteiger partial charge is 0.267 e. The molecular formula is C7H14O4S. The zero-order valence-corrected chi connectivity index (χ0v) is 7.63. The maximum Gasteiger partial charge on any atom is 0.267 e. The van der Waals surface area contributed by atoms with Crippen molar-refractivity contribution >= 4 is 10.1 Å². The fourth-order valence-electron chi connectivity index (χ4n) is 1.69. The van der Waals surface area contributed by atoms with Gasteiger partial charge in [0.1, 0.15) is 5.75 Å². The van der Waals surface area contributed by atoms with E-state index in [0.717, 1.165) is 25.7 Å². The predicted molar refractivity (Wildman–Crippen MR) is 44.4 cm³/mol. The summed E-state index contributed by atoms with van der Waals surface area (Å²) in [6, 6.07) is 0. The van der Waals surface area contributed by atoms with Gasteiger partial charge in [-0.05, 0) is 18.8 Å². The van der Waals surface area contributed by atoms with Crippen LogP contribution in [0, 0.1) is 5.92 Å². The zero-order chi connectivity index (χ0) is 9.19. The summed E-state index contributed by atoms with van der Waals surface area (Å²) in [4.78, 5) is 0. The molecule has 1 aliphatic carbocycles. The summed E-state index contributed by atoms with van der Waals surface area (Å²) in [6.07, 6.45) is 2.95. The standard InChI is InChI=1S/C7H14O4S/c8-7(5-12(9,10)11)6-3-1-2-4-6/h6-8H,1-5H2,(H,9,10,11). The van der Waals surface area contributed by atoms with Crippen LogP contribution in [0.15, 0.2) is 0 Å². The first kappa shape index (κ1) is 9.95. The molecule has 0 aromatic rings. The van der Waals surface area contributed by atoms with Crippen LogP contribution in [0.5, 0.6) is 0 Å². The molecule has 0 heterocycles. The summed E-state index contributed by atoms with van der Waals surface area (Å²) in [5, 5.41) is 9.35. The van der Waals surface area contributed by atoms with Crippen molar-refractivity contribution in [1.82, 2.24) is 0 Å². The minimum absolute atomic E-state index is 0.0620. The van der Waals surface area contributed by atoms with Crippen LogP contribution in [0.2, 0.25) is 0 Å². The van der Waals surface area contributed by atoms with E-state index in [1.807, 2.05) is 0 Å². The van der Waals surface area contributed by atoms with Gasteiger partial charge in [-0.1, -0.05) is 12.8 Å². The van der Waals surface area contributed by atoms with Crippen molar-refractivity contribution in [3.8, 4) is 0 Å². The van der Waals surface area contributed by atoms with Crippen LogP contribution in [0.3, 0.4) is 0 Å². The van der Waals surface area contributed by atoms with Crippen molar-refractivity contribution in [3.63, 3.8) is 0 Å². The van der Waals surface area contributed by atoms with Crippen molar-refractivity contribution < 1.29 is 18.1 Å². The highest BCUT2D eigenvalue weighted by Crippen LogP contribution is 2.27. The Hall–Kier alpha value is -0.130. The molecule has 1 saturated carbocycles. The fourth-order valence-corrected chi connectivity index (χ4v) is 2.40. The van der Waals surface area contributed by atoms with Gasteiger partial charge in [-0.25, -0.2) is 0 Å². The van der Waals surface area contributed by atoms with Gasteiger partial charge in [0, 0.05) is 0 Å². The molecule has 2 N–H and O–H groups in total. The second kappa shape index (κ2) is 3.72. The van der Waals surface area contributed by atoms with Crippen molar-refractivity contribution in [2.45, 2.75) is 31.8 Å². The van der Waals surface area contributed by atoms with Crippen molar-refractivity contribution in [2.24, 2.45) is 5.92 Å². The Balaban J connectivity index is 2.42. The van der Waals surface area contributed by atoms with Gasteiger partial charge in [-0.3, -0.25) is 4.55 Å². The Morgan fingerprint density at radius 3 is 2.25 bits per heavy atom. The van der Waals surface area contributed by atoms with E-state index in [4.69, 9.17) is 4.55 Å². The maximum atomic E-state index is 10.4. The summed E-state index contributed by atoms with van der Waals surface area (Å²) < 4.78 is 29.2. The molecule has 0 bridgehead atoms. The molecule has 0 aliphatic heterocycles. The van der Waals surface area contributed by atoms with E-state index in [1.54, 1.807) is 0 Å². The molecule has 0 radical (unpaired) electrons. The number of aliphatic hydroxyl groups is 1. The fraction of sp³-hybridized carbons (Fsp3) is 1.00. The lowest BCUT2D eigenvalue weighted by Gasteiger charge is -2.15. The molecule has 0 amide bonds. The lowest BCUT2D eigenvalue weighted by Crippen LogP contribution is -2.26. The van der Waals surface area contributed by atoms with E-state index in [2.05, 4.69) is 0 Å². The van der Waals surface area contributed by atoms with Crippen molar-refractivity contribution in [3.05, 3.63) is 0 Å². The van der Waals surface area contributed by atoms with Gasteiger partial charge in [-0.15, -0.1) is 0 Å². The summed E-state index contributed by atoms with van der Waals surface area (Å²) in [6.45, 7) is 0. The minimum atomic E-state index is -4.01. The van der Waals surface area contributed by atoms with E-state index in [9.17, 15) is 13.5 Å². The molecule has 1 unspecified atom stereocenters. The Morgan fingerprint density at radius 1 is 1.33 bits per heavy atom. The summed E-state index contributed by atoms with van der Waals surface area (Å²) in [5.74, 6) is -0.454. The van der Waals surface area contributed by atoms with Gasteiger partial charge >= 0.3 is 0 Å². The van der Waals surface area contributed by atoms with E-state index in [-0.39, 0.29) is 5.92 Å². The van der Waals surface area contributed by atoms with E-state index in [0.29, 0.717) is 0 Å². The summed E-state index contributed by atoms with van der Waals surface area (Å²) in [5.41, 5.74) is 0. The van der Waals surface area contributed by atoms with Crippen molar-refractivity contribution in [1.29, 1.82) is 0 Å². The second-order valence-corrected chi connectivity index (χ2v) is 4.86.